The van der Waals surface area contributed by atoms with Crippen LogP contribution in [0.1, 0.15) is 0 Å². The van der Waals surface area contributed by atoms with E-state index in [0.717, 1.165) is 0 Å². The summed E-state index contributed by atoms with van der Waals surface area (Å²) >= 11 is 0. The van der Waals surface area contributed by atoms with Gasteiger partial charge in [0.1, 0.15) is 60.3 Å². The number of hydrogen-bond acceptors (Lipinski definition) is 12. The summed E-state index contributed by atoms with van der Waals surface area (Å²) in [4.78, 5) is 0. The van der Waals surface area contributed by atoms with Crippen LogP contribution < -0.4 is 9.47 Å². The number of hydrogen-bond donors (Lipinski definition) is 6. The van der Waals surface area contributed by atoms with Crippen LogP contribution in [0.5, 0.6) is 11.5 Å². The largest absolute Gasteiger partial charge is 0.461 e. The molecule has 12 nitrogen and oxygen atoms in total. The van der Waals surface area contributed by atoms with Gasteiger partial charge in [-0.1, -0.05) is 24.3 Å². The van der Waals surface area contributed by atoms with E-state index in [9.17, 15) is 30.6 Å². The lowest BCUT2D eigenvalue weighted by Gasteiger charge is -2.41. The molecule has 0 radical (unpaired) electrons. The molecule has 2 heterocycles. The quantitative estimate of drug-likeness (QED) is 0.242. The van der Waals surface area contributed by atoms with Crippen molar-refractivity contribution in [2.24, 2.45) is 0 Å². The van der Waals surface area contributed by atoms with Gasteiger partial charge in [0, 0.05) is 14.2 Å². The second-order valence-electron chi connectivity index (χ2n) is 8.66. The van der Waals surface area contributed by atoms with Crippen molar-refractivity contribution in [1.29, 1.82) is 0 Å². The van der Waals surface area contributed by atoms with Gasteiger partial charge in [0.05, 0.1) is 18.6 Å². The van der Waals surface area contributed by atoms with E-state index in [1.165, 1.54) is 14.2 Å². The van der Waals surface area contributed by atoms with Gasteiger partial charge in [0.2, 0.25) is 12.6 Å². The van der Waals surface area contributed by atoms with Gasteiger partial charge < -0.3 is 59.1 Å². The van der Waals surface area contributed by atoms with Crippen LogP contribution in [0.15, 0.2) is 36.4 Å². The molecule has 0 aliphatic carbocycles. The molecule has 0 spiro atoms. The van der Waals surface area contributed by atoms with E-state index in [1.807, 2.05) is 0 Å². The average molecular weight is 513 g/mol. The van der Waals surface area contributed by atoms with E-state index >= 15 is 0 Å². The first-order chi connectivity index (χ1) is 17.3. The third-order valence-corrected chi connectivity index (χ3v) is 6.50. The number of fused-ring (bicyclic) bond motifs is 1. The van der Waals surface area contributed by atoms with Gasteiger partial charge in [-0.05, 0) is 17.5 Å². The van der Waals surface area contributed by atoms with Crippen molar-refractivity contribution in [3.05, 3.63) is 36.4 Å². The molecule has 2 fully saturated rings. The Balaban J connectivity index is 1.63. The second-order valence-corrected chi connectivity index (χ2v) is 8.66. The van der Waals surface area contributed by atoms with Gasteiger partial charge in [-0.25, -0.2) is 0 Å². The molecule has 2 aliphatic heterocycles. The van der Waals surface area contributed by atoms with Crippen molar-refractivity contribution in [1.82, 2.24) is 0 Å². The highest BCUT2D eigenvalue weighted by atomic mass is 16.7. The SMILES string of the molecule is COC1C(CO)OC(Oc2cccc3cccc(OC4OC(CO)C(OC)C(O)C4O)c23)C(O)C1O. The molecule has 2 saturated heterocycles. The number of benzene rings is 2. The second kappa shape index (κ2) is 11.5. The van der Waals surface area contributed by atoms with Crippen molar-refractivity contribution >= 4 is 10.8 Å². The van der Waals surface area contributed by atoms with E-state index < -0.39 is 74.6 Å². The molecule has 0 bridgehead atoms. The third kappa shape index (κ3) is 5.02. The Morgan fingerprint density at radius 2 is 1.08 bits per heavy atom. The molecule has 10 unspecified atom stereocenters. The van der Waals surface area contributed by atoms with Crippen LogP contribution in [0.4, 0.5) is 0 Å². The maximum absolute atomic E-state index is 10.6. The van der Waals surface area contributed by atoms with Crippen molar-refractivity contribution in [2.45, 2.75) is 61.4 Å². The van der Waals surface area contributed by atoms with Gasteiger partial charge in [-0.3, -0.25) is 0 Å². The molecular weight excluding hydrogens is 480 g/mol. The van der Waals surface area contributed by atoms with Crippen LogP contribution in [-0.2, 0) is 18.9 Å². The fourth-order valence-corrected chi connectivity index (χ4v) is 4.60. The smallest absolute Gasteiger partial charge is 0.229 e. The monoisotopic (exact) mass is 512 g/mol. The van der Waals surface area contributed by atoms with Gasteiger partial charge in [-0.2, -0.15) is 0 Å². The lowest BCUT2D eigenvalue weighted by molar-refractivity contribution is -0.282. The van der Waals surface area contributed by atoms with E-state index in [-0.39, 0.29) is 11.5 Å². The van der Waals surface area contributed by atoms with Gasteiger partial charge >= 0.3 is 0 Å². The van der Waals surface area contributed by atoms with Crippen molar-refractivity contribution in [3.8, 4) is 11.5 Å². The summed E-state index contributed by atoms with van der Waals surface area (Å²) in [6.07, 6.45) is -12.2. The van der Waals surface area contributed by atoms with Crippen molar-refractivity contribution < 1.29 is 59.1 Å². The van der Waals surface area contributed by atoms with Crippen LogP contribution in [-0.4, -0.2) is 119 Å². The summed E-state index contributed by atoms with van der Waals surface area (Å²) in [6.45, 7) is -0.945. The molecule has 2 aromatic rings. The van der Waals surface area contributed by atoms with Crippen LogP contribution in [0.25, 0.3) is 10.8 Å². The Morgan fingerprint density at radius 1 is 0.667 bits per heavy atom. The Labute approximate surface area is 207 Å². The molecule has 36 heavy (non-hydrogen) atoms. The molecule has 200 valence electrons. The maximum Gasteiger partial charge on any atom is 0.229 e. The molecule has 2 aromatic carbocycles. The standard InChI is InChI=1S/C24H32O12/c1-31-21-14(9-25)35-23(19(29)17(21)27)33-12-7-3-5-11-6-4-8-13(16(11)12)34-24-20(30)18(28)22(32-2)15(10-26)36-24/h3-8,14-15,17-30H,9-10H2,1-2H3. The summed E-state index contributed by atoms with van der Waals surface area (Å²) in [5.41, 5.74) is 0. The molecule has 0 aromatic heterocycles. The predicted molar refractivity (Wildman–Crippen MR) is 122 cm³/mol. The van der Waals surface area contributed by atoms with Crippen LogP contribution in [0.2, 0.25) is 0 Å². The zero-order valence-corrected chi connectivity index (χ0v) is 19.8. The van der Waals surface area contributed by atoms with Crippen LogP contribution >= 0.6 is 0 Å². The minimum atomic E-state index is -1.49. The first-order valence-electron chi connectivity index (χ1n) is 11.5. The fraction of sp³-hybridized carbons (Fsp3) is 0.583. The highest BCUT2D eigenvalue weighted by Gasteiger charge is 2.47. The summed E-state index contributed by atoms with van der Waals surface area (Å²) in [5, 5.41) is 62.4. The normalized spacial score (nSPS) is 37.1. The molecule has 4 rings (SSSR count). The summed E-state index contributed by atoms with van der Waals surface area (Å²) in [7, 11) is 2.66. The Hall–Kier alpha value is -2.10. The minimum Gasteiger partial charge on any atom is -0.461 e. The molecule has 2 aliphatic rings. The Bertz CT molecular complexity index is 925. The first-order valence-corrected chi connectivity index (χ1v) is 11.5. The number of ether oxygens (including phenoxy) is 6. The molecule has 6 N–H and O–H groups in total. The van der Waals surface area contributed by atoms with E-state index in [1.54, 1.807) is 36.4 Å². The van der Waals surface area contributed by atoms with E-state index in [0.29, 0.717) is 10.8 Å². The van der Waals surface area contributed by atoms with Crippen LogP contribution in [0.3, 0.4) is 0 Å². The Morgan fingerprint density at radius 3 is 1.44 bits per heavy atom. The van der Waals surface area contributed by atoms with Crippen molar-refractivity contribution in [3.63, 3.8) is 0 Å². The molecule has 0 amide bonds. The molecular formula is C24H32O12. The first kappa shape index (κ1) is 26.9. The number of aliphatic hydroxyl groups excluding tert-OH is 6. The molecule has 10 atom stereocenters. The van der Waals surface area contributed by atoms with Gasteiger partial charge in [0.15, 0.2) is 0 Å². The summed E-state index contributed by atoms with van der Waals surface area (Å²) < 4.78 is 33.5. The highest BCUT2D eigenvalue weighted by Crippen LogP contribution is 2.38. The third-order valence-electron chi connectivity index (χ3n) is 6.50. The van der Waals surface area contributed by atoms with Gasteiger partial charge in [-0.15, -0.1) is 0 Å². The number of rotatable bonds is 8. The topological polar surface area (TPSA) is 177 Å². The van der Waals surface area contributed by atoms with Gasteiger partial charge in [0.25, 0.3) is 0 Å². The lowest BCUT2D eigenvalue weighted by Crippen LogP contribution is -2.60. The zero-order valence-electron chi connectivity index (χ0n) is 19.8. The number of methoxy groups -OCH3 is 2. The van der Waals surface area contributed by atoms with E-state index in [4.69, 9.17) is 28.4 Å². The minimum absolute atomic E-state index is 0.214. The fourth-order valence-electron chi connectivity index (χ4n) is 4.60. The average Bonchev–Trinajstić information content (AvgIpc) is 2.89. The molecule has 0 saturated carbocycles. The number of aliphatic hydroxyl groups is 6. The lowest BCUT2D eigenvalue weighted by atomic mass is 9.99. The zero-order chi connectivity index (χ0) is 26.0. The summed E-state index contributed by atoms with van der Waals surface area (Å²) in [5.74, 6) is 0.428. The highest BCUT2D eigenvalue weighted by molar-refractivity contribution is 5.93. The summed E-state index contributed by atoms with van der Waals surface area (Å²) in [6, 6.07) is 10.2. The van der Waals surface area contributed by atoms with E-state index in [2.05, 4.69) is 0 Å². The predicted octanol–water partition coefficient (Wildman–Crippen LogP) is -1.49. The molecule has 12 heteroatoms. The Kier molecular flexibility index (Phi) is 8.63. The van der Waals surface area contributed by atoms with Crippen LogP contribution in [0, 0.1) is 0 Å². The van der Waals surface area contributed by atoms with Crippen molar-refractivity contribution in [2.75, 3.05) is 27.4 Å². The maximum atomic E-state index is 10.6.